The molecule has 0 fully saturated rings. The van der Waals surface area contributed by atoms with Crippen molar-refractivity contribution in [3.8, 4) is 0 Å². The van der Waals surface area contributed by atoms with Crippen LogP contribution in [0.5, 0.6) is 0 Å². The Kier molecular flexibility index (Phi) is 5.17. The lowest BCUT2D eigenvalue weighted by Crippen LogP contribution is -2.13. The molecule has 0 saturated heterocycles. The van der Waals surface area contributed by atoms with Crippen LogP contribution in [0.1, 0.15) is 64.4 Å². The lowest BCUT2D eigenvalue weighted by molar-refractivity contribution is -0.116. The van der Waals surface area contributed by atoms with Crippen LogP contribution in [0.3, 0.4) is 0 Å². The number of benzene rings is 1. The Morgan fingerprint density at radius 2 is 1.70 bits per heavy atom. The number of carbonyl (C=O) groups excluding carboxylic acids is 1. The number of carbonyl (C=O) groups is 1. The van der Waals surface area contributed by atoms with Gasteiger partial charge in [0, 0.05) is 0 Å². The highest BCUT2D eigenvalue weighted by molar-refractivity contribution is 6.04. The molecule has 20 heavy (non-hydrogen) atoms. The van der Waals surface area contributed by atoms with Gasteiger partial charge in [0.25, 0.3) is 0 Å². The minimum atomic E-state index is 0.0598. The van der Waals surface area contributed by atoms with Crippen LogP contribution in [-0.2, 0) is 4.79 Å². The molecule has 1 aromatic carbocycles. The van der Waals surface area contributed by atoms with Crippen LogP contribution < -0.4 is 0 Å². The number of hydrogen-bond acceptors (Lipinski definition) is 1. The molecule has 0 aromatic heterocycles. The van der Waals surface area contributed by atoms with Gasteiger partial charge in [-0.3, -0.25) is 4.79 Å². The van der Waals surface area contributed by atoms with Crippen molar-refractivity contribution in [3.05, 3.63) is 47.0 Å². The van der Waals surface area contributed by atoms with Gasteiger partial charge in [-0.25, -0.2) is 0 Å². The normalized spacial score (nSPS) is 22.6. The molecule has 0 aliphatic heterocycles. The fraction of sp³-hybridized carbons (Fsp3) is 0.526. The molecular weight excluding hydrogens is 244 g/mol. The maximum Gasteiger partial charge on any atom is 0.166 e. The first kappa shape index (κ1) is 15.0. The van der Waals surface area contributed by atoms with E-state index in [2.05, 4.69) is 32.9 Å². The van der Waals surface area contributed by atoms with Crippen molar-refractivity contribution in [2.45, 2.75) is 58.8 Å². The molecular formula is C19H26O. The van der Waals surface area contributed by atoms with Gasteiger partial charge in [-0.2, -0.15) is 0 Å². The Morgan fingerprint density at radius 3 is 2.30 bits per heavy atom. The summed E-state index contributed by atoms with van der Waals surface area (Å²) in [7, 11) is 0. The Morgan fingerprint density at radius 1 is 1.00 bits per heavy atom. The number of allylic oxidation sites excluding steroid dienone is 2. The fourth-order valence-electron chi connectivity index (χ4n) is 3.43. The molecule has 1 heteroatoms. The van der Waals surface area contributed by atoms with Crippen molar-refractivity contribution in [1.82, 2.24) is 0 Å². The summed E-state index contributed by atoms with van der Waals surface area (Å²) in [6.45, 7) is 6.62. The monoisotopic (exact) mass is 270 g/mol. The summed E-state index contributed by atoms with van der Waals surface area (Å²) in [6, 6.07) is 10.3. The molecule has 2 unspecified atom stereocenters. The molecule has 0 amide bonds. The molecule has 0 spiro atoms. The number of Topliss-reactive ketones (excluding diaryl/α,β-unsaturated/α-hetero) is 1. The van der Waals surface area contributed by atoms with Crippen molar-refractivity contribution < 1.29 is 4.79 Å². The molecule has 1 aliphatic carbocycles. The van der Waals surface area contributed by atoms with Gasteiger partial charge in [-0.1, -0.05) is 69.5 Å². The van der Waals surface area contributed by atoms with E-state index >= 15 is 0 Å². The first-order valence-electron chi connectivity index (χ1n) is 8.01. The minimum Gasteiger partial charge on any atom is -0.294 e. The van der Waals surface area contributed by atoms with Gasteiger partial charge in [-0.15, -0.1) is 0 Å². The zero-order valence-corrected chi connectivity index (χ0v) is 13.0. The smallest absolute Gasteiger partial charge is 0.166 e. The summed E-state index contributed by atoms with van der Waals surface area (Å²) in [5.74, 6) is 0.819. The van der Waals surface area contributed by atoms with Crippen LogP contribution >= 0.6 is 0 Å². The van der Waals surface area contributed by atoms with Crippen LogP contribution in [0, 0.1) is 5.92 Å². The van der Waals surface area contributed by atoms with Gasteiger partial charge in [-0.05, 0) is 36.3 Å². The molecule has 0 bridgehead atoms. The van der Waals surface area contributed by atoms with Gasteiger partial charge in [0.1, 0.15) is 0 Å². The fourth-order valence-corrected chi connectivity index (χ4v) is 3.43. The van der Waals surface area contributed by atoms with Gasteiger partial charge < -0.3 is 0 Å². The maximum absolute atomic E-state index is 12.8. The number of ketones is 1. The summed E-state index contributed by atoms with van der Waals surface area (Å²) >= 11 is 0. The van der Waals surface area contributed by atoms with Crippen LogP contribution in [0.4, 0.5) is 0 Å². The van der Waals surface area contributed by atoms with Crippen molar-refractivity contribution in [2.75, 3.05) is 0 Å². The molecule has 2 atom stereocenters. The van der Waals surface area contributed by atoms with Crippen LogP contribution in [0.2, 0.25) is 0 Å². The standard InChI is InChI=1S/C19H26O/c1-4-6-13-16-14(3)18(15-11-8-7-9-12-15)19(20)17(16)10-5-2/h7-9,11-12,14,18H,4-6,10,13H2,1-3H3. The lowest BCUT2D eigenvalue weighted by Gasteiger charge is -2.17. The van der Waals surface area contributed by atoms with Gasteiger partial charge in [0.05, 0.1) is 5.92 Å². The van der Waals surface area contributed by atoms with Crippen LogP contribution in [0.25, 0.3) is 0 Å². The van der Waals surface area contributed by atoms with E-state index in [1.165, 1.54) is 24.0 Å². The molecule has 1 aromatic rings. The minimum absolute atomic E-state index is 0.0598. The number of hydrogen-bond donors (Lipinski definition) is 0. The van der Waals surface area contributed by atoms with E-state index in [9.17, 15) is 4.79 Å². The summed E-state index contributed by atoms with van der Waals surface area (Å²) in [4.78, 5) is 12.8. The Balaban J connectivity index is 2.30. The van der Waals surface area contributed by atoms with Crippen molar-refractivity contribution in [2.24, 2.45) is 5.92 Å². The third kappa shape index (κ3) is 2.87. The number of rotatable bonds is 6. The Labute approximate surface area is 123 Å². The quantitative estimate of drug-likeness (QED) is 0.687. The predicted octanol–water partition coefficient (Wildman–Crippen LogP) is 5.28. The highest BCUT2D eigenvalue weighted by atomic mass is 16.1. The molecule has 2 rings (SSSR count). The zero-order chi connectivity index (χ0) is 14.5. The lowest BCUT2D eigenvalue weighted by atomic mass is 9.85. The van der Waals surface area contributed by atoms with Gasteiger partial charge in [0.2, 0.25) is 0 Å². The Bertz CT molecular complexity index is 484. The highest BCUT2D eigenvalue weighted by Gasteiger charge is 2.38. The van der Waals surface area contributed by atoms with Crippen molar-refractivity contribution in [1.29, 1.82) is 0 Å². The molecule has 0 radical (unpaired) electrons. The third-order valence-electron chi connectivity index (χ3n) is 4.48. The van der Waals surface area contributed by atoms with E-state index < -0.39 is 0 Å². The van der Waals surface area contributed by atoms with Crippen molar-refractivity contribution >= 4 is 5.78 Å². The first-order valence-corrected chi connectivity index (χ1v) is 8.01. The largest absolute Gasteiger partial charge is 0.294 e. The summed E-state index contributed by atoms with van der Waals surface area (Å²) < 4.78 is 0. The SMILES string of the molecule is CCCCC1=C(CCC)C(=O)C(c2ccccc2)C1C. The van der Waals surface area contributed by atoms with E-state index in [-0.39, 0.29) is 5.92 Å². The maximum atomic E-state index is 12.8. The topological polar surface area (TPSA) is 17.1 Å². The zero-order valence-electron chi connectivity index (χ0n) is 13.0. The van der Waals surface area contributed by atoms with Gasteiger partial charge >= 0.3 is 0 Å². The summed E-state index contributed by atoms with van der Waals surface area (Å²) in [6.07, 6.45) is 5.50. The Hall–Kier alpha value is -1.37. The molecule has 1 nitrogen and oxygen atoms in total. The van der Waals surface area contributed by atoms with Crippen molar-refractivity contribution in [3.63, 3.8) is 0 Å². The molecule has 108 valence electrons. The average Bonchev–Trinajstić information content (AvgIpc) is 2.69. The molecule has 0 saturated carbocycles. The summed E-state index contributed by atoms with van der Waals surface area (Å²) in [5.41, 5.74) is 3.76. The third-order valence-corrected chi connectivity index (χ3v) is 4.48. The molecule has 0 heterocycles. The first-order chi connectivity index (χ1) is 9.70. The highest BCUT2D eigenvalue weighted by Crippen LogP contribution is 2.44. The van der Waals surface area contributed by atoms with E-state index in [4.69, 9.17) is 0 Å². The number of unbranched alkanes of at least 4 members (excludes halogenated alkanes) is 1. The molecule has 0 N–H and O–H groups in total. The molecule has 1 aliphatic rings. The van der Waals surface area contributed by atoms with Crippen LogP contribution in [-0.4, -0.2) is 5.78 Å². The van der Waals surface area contributed by atoms with E-state index in [0.717, 1.165) is 24.8 Å². The van der Waals surface area contributed by atoms with E-state index in [1.54, 1.807) is 0 Å². The van der Waals surface area contributed by atoms with E-state index in [1.807, 2.05) is 18.2 Å². The summed E-state index contributed by atoms with van der Waals surface area (Å²) in [5, 5.41) is 0. The van der Waals surface area contributed by atoms with Gasteiger partial charge in [0.15, 0.2) is 5.78 Å². The second-order valence-corrected chi connectivity index (χ2v) is 5.90. The van der Waals surface area contributed by atoms with E-state index in [0.29, 0.717) is 11.7 Å². The second-order valence-electron chi connectivity index (χ2n) is 5.90. The second kappa shape index (κ2) is 6.88. The average molecular weight is 270 g/mol. The van der Waals surface area contributed by atoms with Crippen LogP contribution in [0.15, 0.2) is 41.5 Å². The predicted molar refractivity (Wildman–Crippen MR) is 84.8 cm³/mol.